The minimum Gasteiger partial charge on any atom is -0.444 e. The minimum absolute atomic E-state index is 0.192. The van der Waals surface area contributed by atoms with Crippen LogP contribution < -0.4 is 10.0 Å². The zero-order valence-electron chi connectivity index (χ0n) is 25.6. The number of likely N-dealkylation sites (tertiary alicyclic amines) is 1. The molecule has 0 atom stereocenters. The highest BCUT2D eigenvalue weighted by Gasteiger charge is 2.27. The van der Waals surface area contributed by atoms with Crippen molar-refractivity contribution in [3.8, 4) is 11.3 Å². The van der Waals surface area contributed by atoms with E-state index in [1.54, 1.807) is 33.8 Å². The fraction of sp³-hybridized carbons (Fsp3) is 0.406. The van der Waals surface area contributed by atoms with Crippen LogP contribution in [0.2, 0.25) is 0 Å². The molecule has 2 N–H and O–H groups in total. The molecule has 0 unspecified atom stereocenters. The quantitative estimate of drug-likeness (QED) is 0.264. The Morgan fingerprint density at radius 1 is 0.953 bits per heavy atom. The lowest BCUT2D eigenvalue weighted by Crippen LogP contribution is -2.41. The number of piperidine rings is 1. The summed E-state index contributed by atoms with van der Waals surface area (Å²) >= 11 is 0. The third-order valence-corrected chi connectivity index (χ3v) is 8.82. The lowest BCUT2D eigenvalue weighted by atomic mass is 9.89. The van der Waals surface area contributed by atoms with E-state index in [-0.39, 0.29) is 11.0 Å². The molecule has 10 nitrogen and oxygen atoms in total. The van der Waals surface area contributed by atoms with Crippen molar-refractivity contribution >= 4 is 33.3 Å². The molecule has 2 aromatic carbocycles. The highest BCUT2D eigenvalue weighted by molar-refractivity contribution is 7.89. The van der Waals surface area contributed by atoms with E-state index in [1.807, 2.05) is 71.9 Å². The van der Waals surface area contributed by atoms with E-state index in [9.17, 15) is 13.2 Å². The number of fused-ring (bicyclic) bond motifs is 1. The van der Waals surface area contributed by atoms with Gasteiger partial charge in [0.05, 0.1) is 22.3 Å². The number of hydrogen-bond donors (Lipinski definition) is 2. The zero-order valence-corrected chi connectivity index (χ0v) is 26.4. The number of rotatable bonds is 6. The van der Waals surface area contributed by atoms with Gasteiger partial charge in [-0.05, 0) is 102 Å². The largest absolute Gasteiger partial charge is 0.444 e. The fourth-order valence-electron chi connectivity index (χ4n) is 5.15. The van der Waals surface area contributed by atoms with Crippen LogP contribution in [0, 0.1) is 0 Å². The summed E-state index contributed by atoms with van der Waals surface area (Å²) in [6.07, 6.45) is 3.25. The van der Waals surface area contributed by atoms with Crippen LogP contribution in [0.15, 0.2) is 71.8 Å². The number of benzene rings is 2. The van der Waals surface area contributed by atoms with Crippen LogP contribution in [0.1, 0.15) is 65.9 Å². The Hall–Kier alpha value is -3.96. The van der Waals surface area contributed by atoms with Crippen molar-refractivity contribution in [2.75, 3.05) is 18.4 Å². The summed E-state index contributed by atoms with van der Waals surface area (Å²) in [5.74, 6) is 0.794. The number of carbonyl (C=O) groups excluding carboxylic acids is 1. The molecule has 2 aromatic heterocycles. The van der Waals surface area contributed by atoms with Crippen molar-refractivity contribution in [1.82, 2.24) is 24.2 Å². The maximum absolute atomic E-state index is 12.9. The number of carbonyl (C=O) groups is 1. The van der Waals surface area contributed by atoms with Gasteiger partial charge in [-0.1, -0.05) is 24.3 Å². The van der Waals surface area contributed by atoms with Gasteiger partial charge in [-0.2, -0.15) is 0 Å². The normalized spacial score (nSPS) is 15.1. The second-order valence-corrected chi connectivity index (χ2v) is 14.7. The molecule has 1 amide bonds. The molecule has 43 heavy (non-hydrogen) atoms. The zero-order chi connectivity index (χ0) is 31.0. The lowest BCUT2D eigenvalue weighted by molar-refractivity contribution is 0.0205. The molecule has 0 aliphatic carbocycles. The van der Waals surface area contributed by atoms with Crippen molar-refractivity contribution in [2.24, 2.45) is 0 Å². The molecule has 0 spiro atoms. The standard InChI is InChI=1S/C32H40N6O4S/c1-31(2,3)36-43(40,41)27-9-7-8-24(20-27)28-15-14-26-21-33-29(35-38(26)28)34-25-12-10-22(11-13-25)23-16-18-37(19-17-23)30(39)42-32(4,5)6/h7-15,20-21,23,36H,16-19H2,1-6H3,(H,34,35). The number of sulfonamides is 1. The number of amides is 1. The number of nitrogens with one attached hydrogen (secondary N) is 2. The van der Waals surface area contributed by atoms with Crippen LogP contribution >= 0.6 is 0 Å². The summed E-state index contributed by atoms with van der Waals surface area (Å²) in [4.78, 5) is 18.8. The van der Waals surface area contributed by atoms with Gasteiger partial charge in [0, 0.05) is 29.9 Å². The third-order valence-electron chi connectivity index (χ3n) is 7.06. The highest BCUT2D eigenvalue weighted by atomic mass is 32.2. The van der Waals surface area contributed by atoms with Gasteiger partial charge in [0.1, 0.15) is 5.60 Å². The van der Waals surface area contributed by atoms with Crippen molar-refractivity contribution in [2.45, 2.75) is 76.3 Å². The first-order valence-corrected chi connectivity index (χ1v) is 16.0. The van der Waals surface area contributed by atoms with Crippen LogP contribution in [0.4, 0.5) is 16.4 Å². The van der Waals surface area contributed by atoms with E-state index in [4.69, 9.17) is 9.84 Å². The van der Waals surface area contributed by atoms with E-state index in [0.717, 1.165) is 35.3 Å². The number of hydrogen-bond acceptors (Lipinski definition) is 7. The van der Waals surface area contributed by atoms with Crippen LogP contribution in [-0.2, 0) is 14.8 Å². The van der Waals surface area contributed by atoms with Gasteiger partial charge in [-0.25, -0.2) is 27.4 Å². The molecule has 0 bridgehead atoms. The Kier molecular flexibility index (Phi) is 8.24. The van der Waals surface area contributed by atoms with E-state index in [1.165, 1.54) is 5.56 Å². The number of anilines is 2. The predicted molar refractivity (Wildman–Crippen MR) is 168 cm³/mol. The first kappa shape index (κ1) is 30.5. The first-order chi connectivity index (χ1) is 20.2. The Morgan fingerprint density at radius 3 is 2.30 bits per heavy atom. The Morgan fingerprint density at radius 2 is 1.65 bits per heavy atom. The molecule has 1 saturated heterocycles. The third kappa shape index (κ3) is 7.52. The molecule has 1 aliphatic heterocycles. The maximum atomic E-state index is 12.9. The Balaban J connectivity index is 1.28. The molecule has 3 heterocycles. The SMILES string of the molecule is CC(C)(C)NS(=O)(=O)c1cccc(-c2ccc3cnc(Nc4ccc(C5CCN(C(=O)OC(C)(C)C)CC5)cc4)nn23)c1. The summed E-state index contributed by atoms with van der Waals surface area (Å²) in [7, 11) is -3.69. The molecule has 0 radical (unpaired) electrons. The number of nitrogens with zero attached hydrogens (tertiary/aromatic N) is 4. The second-order valence-electron chi connectivity index (χ2n) is 13.0. The van der Waals surface area contributed by atoms with E-state index >= 15 is 0 Å². The van der Waals surface area contributed by atoms with Gasteiger partial charge in [0.15, 0.2) is 0 Å². The highest BCUT2D eigenvalue weighted by Crippen LogP contribution is 2.30. The van der Waals surface area contributed by atoms with Gasteiger partial charge < -0.3 is 15.0 Å². The Bertz CT molecular complexity index is 1710. The van der Waals surface area contributed by atoms with Gasteiger partial charge >= 0.3 is 6.09 Å². The summed E-state index contributed by atoms with van der Waals surface area (Å²) in [5.41, 5.74) is 3.26. The maximum Gasteiger partial charge on any atom is 0.410 e. The van der Waals surface area contributed by atoms with E-state index in [0.29, 0.717) is 25.0 Å². The fourth-order valence-corrected chi connectivity index (χ4v) is 6.62. The second kappa shape index (κ2) is 11.6. The molecular formula is C32H40N6O4S. The van der Waals surface area contributed by atoms with Crippen LogP contribution in [-0.4, -0.2) is 58.2 Å². The number of aromatic nitrogens is 3. The van der Waals surface area contributed by atoms with Crippen LogP contribution in [0.25, 0.3) is 16.8 Å². The molecule has 5 rings (SSSR count). The summed E-state index contributed by atoms with van der Waals surface area (Å²) in [6, 6.07) is 18.9. The monoisotopic (exact) mass is 604 g/mol. The van der Waals surface area contributed by atoms with Crippen LogP contribution in [0.5, 0.6) is 0 Å². The Labute approximate surface area is 253 Å². The number of ether oxygens (including phenoxy) is 1. The van der Waals surface area contributed by atoms with Gasteiger partial charge in [-0.3, -0.25) is 0 Å². The smallest absolute Gasteiger partial charge is 0.410 e. The topological polar surface area (TPSA) is 118 Å². The van der Waals surface area contributed by atoms with Crippen molar-refractivity contribution in [1.29, 1.82) is 0 Å². The predicted octanol–water partition coefficient (Wildman–Crippen LogP) is 6.33. The minimum atomic E-state index is -3.69. The van der Waals surface area contributed by atoms with Crippen molar-refractivity contribution in [3.63, 3.8) is 0 Å². The average molecular weight is 605 g/mol. The molecule has 4 aromatic rings. The summed E-state index contributed by atoms with van der Waals surface area (Å²) < 4.78 is 35.8. The molecule has 0 saturated carbocycles. The lowest BCUT2D eigenvalue weighted by Gasteiger charge is -2.33. The van der Waals surface area contributed by atoms with E-state index in [2.05, 4.69) is 27.2 Å². The molecule has 11 heteroatoms. The van der Waals surface area contributed by atoms with Gasteiger partial charge in [-0.15, -0.1) is 5.10 Å². The molecular weight excluding hydrogens is 564 g/mol. The van der Waals surface area contributed by atoms with Gasteiger partial charge in [0.2, 0.25) is 16.0 Å². The summed E-state index contributed by atoms with van der Waals surface area (Å²) in [6.45, 7) is 12.4. The van der Waals surface area contributed by atoms with Crippen molar-refractivity contribution in [3.05, 3.63) is 72.4 Å². The van der Waals surface area contributed by atoms with E-state index < -0.39 is 21.2 Å². The average Bonchev–Trinajstić information content (AvgIpc) is 3.35. The van der Waals surface area contributed by atoms with Crippen molar-refractivity contribution < 1.29 is 17.9 Å². The van der Waals surface area contributed by atoms with Crippen LogP contribution in [0.3, 0.4) is 0 Å². The molecule has 1 aliphatic rings. The summed E-state index contributed by atoms with van der Waals surface area (Å²) in [5, 5.41) is 7.98. The first-order valence-electron chi connectivity index (χ1n) is 14.5. The molecule has 228 valence electrons. The van der Waals surface area contributed by atoms with Gasteiger partial charge in [0.25, 0.3) is 0 Å². The molecule has 1 fully saturated rings.